The zero-order valence-corrected chi connectivity index (χ0v) is 77.2. The molecular weight excluding hydrogens is 2030 g/mol. The maximum atomic E-state index is 13.1. The van der Waals surface area contributed by atoms with E-state index in [-0.39, 0.29) is 0 Å². The minimum Gasteiger partial charge on any atom is -0.394 e. The standard InChI is InChI=1S/C80H135NO66/c1-15(92)81-29-42(105)59(25(11-91)126-68(29)122)139-76-58(121)63(41(104)28(137-76)13-123-69-55(118)62(142-72-53(116)45(108)32(95)18(4-84)129-72)40(103)27(136-69)14-125-78-65(48(111)35(98)21(7-87)134-78)145-74-56(119)60(38(101)23(9-89)131-74)140-70-51(114)43(106)30(93)16(2-82)127-70)143-80-67(50(113)37(100)26(138-80)12-124-77-64(47(110)34(97)20(6-86)133-77)144-73-54(117)46(109)33(96)19(5-85)130-73)147-79-66(49(112)36(99)22(8-88)135-79)146-75-57(120)61(39(102)24(10-90)132-75)141-71-52(115)44(107)31(94)17(3-83)128-71/h16-80,82-91,93-122H,2-14H2,1H3,(H,81,92)/t16-,17-,18-,19-,20-,21-,22-,23-,24-,25-,26-,27-,28-,29-,30-,31-,32-,33-,34-,35-,36-,37-,38-,39-,40-,41-,42-,43+,44+,45+,46+,47+,48+,49+,50+,51+,52+,53+,54+,55+,56+,57+,58+,59-,60+,61+,62+,63+,64+,65+,66+,67+,68?,69+,70-,71-,72-,73-,74-,75-,76+,77+,78+,79-,80-/m1/s1. The van der Waals surface area contributed by atoms with Gasteiger partial charge in [-0.3, -0.25) is 4.79 Å². The molecule has 856 valence electrons. The molecule has 0 bridgehead atoms. The highest BCUT2D eigenvalue weighted by Crippen LogP contribution is 2.43. The molecule has 13 saturated heterocycles. The molecule has 13 aliphatic rings. The monoisotopic (exact) mass is 2170 g/mol. The fourth-order valence-corrected chi connectivity index (χ4v) is 18.9. The number of rotatable bonds is 38. The van der Waals surface area contributed by atoms with E-state index in [2.05, 4.69) is 5.32 Å². The summed E-state index contributed by atoms with van der Waals surface area (Å²) in [6.07, 6.45) is -146. The van der Waals surface area contributed by atoms with Crippen molar-refractivity contribution in [1.29, 1.82) is 0 Å². The minimum absolute atomic E-state index is 0.908. The second-order valence-corrected chi connectivity index (χ2v) is 37.3. The van der Waals surface area contributed by atoms with Gasteiger partial charge in [0.15, 0.2) is 81.8 Å². The van der Waals surface area contributed by atoms with Gasteiger partial charge in [0.1, 0.15) is 317 Å². The van der Waals surface area contributed by atoms with Crippen molar-refractivity contribution in [2.75, 3.05) is 85.9 Å². The van der Waals surface area contributed by atoms with Gasteiger partial charge in [0.25, 0.3) is 0 Å². The highest BCUT2D eigenvalue weighted by atomic mass is 16.8. The summed E-state index contributed by atoms with van der Waals surface area (Å²) in [7, 11) is 0. The first kappa shape index (κ1) is 121. The number of hydrogen-bond acceptors (Lipinski definition) is 66. The SMILES string of the molecule is CC(=O)N[C@H]1C(O)O[C@H](CO)[C@@H](O[C@@H]2O[C@H](CO[C@H]3O[C@H](CO[C@H]4O[C@H](CO)[C@@H](O)[C@H](O)[C@@H]4O[C@H]4O[C@H](CO)[C@@H](O)[C@H](O[C@H]5O[C@H](CO)[C@@H](O)[C@H](O)[C@@H]5O)[C@@H]4O)[C@@H](O)[C@H](O[C@H]4O[C@H](CO)[C@@H](O)[C@H](O)[C@@H]4O)[C@@H]3O)[C@@H](O)[C@H](O[C@H]3O[C@H](CO[C@H]4O[C@H](CO)[C@@H](O)[C@H](O)[C@@H]4O[C@H]4O[C@H](CO)[C@@H](O)[C@H](O)[C@@H]4O)[C@@H](O)[C@H](O)[C@@H]3O[C@H]3O[C@H](CO)[C@@H](O)[C@H](O)[C@@H]3O[C@H]3O[C@H](CO)[C@@H](O)[C@H](O[C@H]4O[C@H](CO)[C@@H](O)[C@H](O)[C@@H]4O)[C@@H]3O)[C@@H]2O)[C@@H]1O. The molecule has 13 fully saturated rings. The van der Waals surface area contributed by atoms with E-state index in [9.17, 15) is 209 Å². The van der Waals surface area contributed by atoms with E-state index >= 15 is 0 Å². The first-order valence-electron chi connectivity index (χ1n) is 46.7. The van der Waals surface area contributed by atoms with Gasteiger partial charge in [-0.15, -0.1) is 0 Å². The Labute approximate surface area is 828 Å². The Hall–Kier alpha value is -3.13. The summed E-state index contributed by atoms with van der Waals surface area (Å²) in [6, 6.07) is -1.94. The summed E-state index contributed by atoms with van der Waals surface area (Å²) in [6.45, 7) is -14.7. The Bertz CT molecular complexity index is 3940. The van der Waals surface area contributed by atoms with E-state index in [1.54, 1.807) is 0 Å². The molecule has 41 N–H and O–H groups in total. The molecule has 13 heterocycles. The van der Waals surface area contributed by atoms with Gasteiger partial charge in [-0.2, -0.15) is 0 Å². The maximum absolute atomic E-state index is 13.1. The van der Waals surface area contributed by atoms with E-state index in [1.807, 2.05) is 0 Å². The number of hydrogen-bond donors (Lipinski definition) is 41. The lowest BCUT2D eigenvalue weighted by Gasteiger charge is -2.51. The van der Waals surface area contributed by atoms with Crippen LogP contribution in [0.15, 0.2) is 0 Å². The molecule has 0 aromatic heterocycles. The first-order chi connectivity index (χ1) is 69.7. The smallest absolute Gasteiger partial charge is 0.217 e. The summed E-state index contributed by atoms with van der Waals surface area (Å²) in [5.74, 6) is -0.961. The van der Waals surface area contributed by atoms with E-state index in [1.165, 1.54) is 0 Å². The Kier molecular flexibility index (Phi) is 43.2. The zero-order chi connectivity index (χ0) is 108. The number of aliphatic hydroxyl groups is 40. The fraction of sp³-hybridized carbons (Fsp3) is 0.988. The van der Waals surface area contributed by atoms with Crippen LogP contribution in [0, 0.1) is 0 Å². The molecule has 65 atom stereocenters. The van der Waals surface area contributed by atoms with Crippen LogP contribution in [-0.2, 0) is 123 Å². The van der Waals surface area contributed by atoms with Crippen LogP contribution in [0.4, 0.5) is 0 Å². The van der Waals surface area contributed by atoms with Crippen molar-refractivity contribution >= 4 is 5.91 Å². The van der Waals surface area contributed by atoms with Gasteiger partial charge in [-0.25, -0.2) is 0 Å². The Morgan fingerprint density at radius 2 is 0.361 bits per heavy atom. The van der Waals surface area contributed by atoms with Gasteiger partial charge in [-0.05, 0) is 0 Å². The van der Waals surface area contributed by atoms with Gasteiger partial charge in [0.05, 0.1) is 85.9 Å². The summed E-state index contributed by atoms with van der Waals surface area (Å²) in [4.78, 5) is 12.6. The van der Waals surface area contributed by atoms with E-state index in [0.29, 0.717) is 0 Å². The molecule has 13 rings (SSSR count). The quantitative estimate of drug-likeness (QED) is 0.0273. The van der Waals surface area contributed by atoms with E-state index in [4.69, 9.17) is 118 Å². The Morgan fingerprint density at radius 1 is 0.177 bits per heavy atom. The molecule has 13 aliphatic heterocycles. The van der Waals surface area contributed by atoms with Gasteiger partial charge >= 0.3 is 0 Å². The maximum Gasteiger partial charge on any atom is 0.217 e. The van der Waals surface area contributed by atoms with Crippen molar-refractivity contribution < 1.29 is 327 Å². The average Bonchev–Trinajstić information content (AvgIpc) is 0.764. The van der Waals surface area contributed by atoms with Crippen molar-refractivity contribution in [3.63, 3.8) is 0 Å². The summed E-state index contributed by atoms with van der Waals surface area (Å²) in [5, 5.41) is 451. The molecule has 0 aromatic carbocycles. The van der Waals surface area contributed by atoms with Gasteiger partial charge in [0, 0.05) is 6.92 Å². The number of amides is 1. The van der Waals surface area contributed by atoms with Crippen molar-refractivity contribution in [3.05, 3.63) is 0 Å². The Balaban J connectivity index is 0.852. The van der Waals surface area contributed by atoms with Crippen LogP contribution in [0.3, 0.4) is 0 Å². The van der Waals surface area contributed by atoms with Crippen LogP contribution in [-0.4, -0.2) is 695 Å². The largest absolute Gasteiger partial charge is 0.394 e. The second-order valence-electron chi connectivity index (χ2n) is 37.3. The highest BCUT2D eigenvalue weighted by Gasteiger charge is 2.64. The number of ether oxygens (including phenoxy) is 25. The van der Waals surface area contributed by atoms with Crippen LogP contribution >= 0.6 is 0 Å². The summed E-state index contributed by atoms with van der Waals surface area (Å²) in [5.41, 5.74) is 0. The minimum atomic E-state index is -2.81. The van der Waals surface area contributed by atoms with Gasteiger partial charge < -0.3 is 328 Å². The van der Waals surface area contributed by atoms with Crippen LogP contribution in [0.25, 0.3) is 0 Å². The van der Waals surface area contributed by atoms with Gasteiger partial charge in [-0.1, -0.05) is 0 Å². The normalized spacial score (nSPS) is 52.9. The third-order valence-electron chi connectivity index (χ3n) is 27.6. The molecule has 1 unspecified atom stereocenters. The van der Waals surface area contributed by atoms with Crippen LogP contribution in [0.2, 0.25) is 0 Å². The number of aliphatic hydroxyl groups excluding tert-OH is 40. The molecule has 147 heavy (non-hydrogen) atoms. The average molecular weight is 2170 g/mol. The molecule has 0 aliphatic carbocycles. The lowest BCUT2D eigenvalue weighted by Crippen LogP contribution is -2.69. The first-order valence-corrected chi connectivity index (χ1v) is 46.7. The molecule has 0 saturated carbocycles. The molecule has 0 aromatic rings. The second kappa shape index (κ2) is 52.6. The number of nitrogens with one attached hydrogen (secondary N) is 1. The molecule has 0 radical (unpaired) electrons. The van der Waals surface area contributed by atoms with Crippen molar-refractivity contribution in [1.82, 2.24) is 5.32 Å². The predicted molar refractivity (Wildman–Crippen MR) is 439 cm³/mol. The third-order valence-corrected chi connectivity index (χ3v) is 27.6. The molecule has 1 amide bonds. The molecular formula is C80H135NO66. The zero-order valence-electron chi connectivity index (χ0n) is 77.2. The lowest BCUT2D eigenvalue weighted by atomic mass is 9.94. The lowest BCUT2D eigenvalue weighted by molar-refractivity contribution is -0.413. The van der Waals surface area contributed by atoms with Crippen LogP contribution in [0.1, 0.15) is 6.92 Å². The van der Waals surface area contributed by atoms with Crippen molar-refractivity contribution in [2.45, 2.75) is 406 Å². The Morgan fingerprint density at radius 3 is 0.653 bits per heavy atom. The molecule has 67 heteroatoms. The number of carbonyl (C=O) groups excluding carboxylic acids is 1. The fourth-order valence-electron chi connectivity index (χ4n) is 18.9. The van der Waals surface area contributed by atoms with Crippen molar-refractivity contribution in [2.24, 2.45) is 0 Å². The topological polar surface area (TPSA) is 1070 Å². The predicted octanol–water partition coefficient (Wildman–Crippen LogP) is -29.2. The summed E-state index contributed by atoms with van der Waals surface area (Å²) >= 11 is 0. The van der Waals surface area contributed by atoms with Crippen LogP contribution < -0.4 is 5.32 Å². The van der Waals surface area contributed by atoms with Crippen molar-refractivity contribution in [3.8, 4) is 0 Å². The van der Waals surface area contributed by atoms with E-state index < -0.39 is 491 Å². The van der Waals surface area contributed by atoms with Crippen LogP contribution in [0.5, 0.6) is 0 Å². The highest BCUT2D eigenvalue weighted by molar-refractivity contribution is 5.73. The third kappa shape index (κ3) is 25.7. The number of carbonyl (C=O) groups is 1. The molecule has 0 spiro atoms. The van der Waals surface area contributed by atoms with Gasteiger partial charge in [0.2, 0.25) is 5.91 Å². The van der Waals surface area contributed by atoms with E-state index in [0.717, 1.165) is 6.92 Å². The molecule has 67 nitrogen and oxygen atoms in total. The summed E-state index contributed by atoms with van der Waals surface area (Å²) < 4.78 is 147.